The summed E-state index contributed by atoms with van der Waals surface area (Å²) < 4.78 is 0. The molecule has 0 saturated carbocycles. The van der Waals surface area contributed by atoms with E-state index in [9.17, 15) is 5.11 Å². The number of aliphatic imine (C=N–C) groups is 1. The highest BCUT2D eigenvalue weighted by Gasteiger charge is 2.40. The molecule has 1 saturated heterocycles. The van der Waals surface area contributed by atoms with Crippen LogP contribution in [0, 0.1) is 5.41 Å². The summed E-state index contributed by atoms with van der Waals surface area (Å²) in [4.78, 5) is 17.6. The Bertz CT molecular complexity index is 1220. The summed E-state index contributed by atoms with van der Waals surface area (Å²) in [5.41, 5.74) is 3.57. The topological polar surface area (TPSA) is 129 Å². The second-order valence-corrected chi connectivity index (χ2v) is 9.31. The number of aromatic amines is 1. The average Bonchev–Trinajstić information content (AvgIpc) is 3.38. The van der Waals surface area contributed by atoms with Gasteiger partial charge in [0, 0.05) is 44.5 Å². The smallest absolute Gasteiger partial charge is 0.228 e. The first-order valence-electron chi connectivity index (χ1n) is 11.6. The Hall–Kier alpha value is -3.63. The van der Waals surface area contributed by atoms with Crippen LogP contribution in [-0.2, 0) is 6.54 Å². The number of hydrogen-bond donors (Lipinski definition) is 4. The lowest BCUT2D eigenvalue weighted by Gasteiger charge is -2.26. The number of H-pyrrole nitrogens is 1. The fraction of sp³-hybridized carbons (Fsp3) is 0.400. The molecular weight excluding hydrogens is 442 g/mol. The molecule has 1 unspecified atom stereocenters. The maximum absolute atomic E-state index is 11.1. The van der Waals surface area contributed by atoms with Crippen molar-refractivity contribution in [2.24, 2.45) is 4.99 Å². The van der Waals surface area contributed by atoms with Crippen molar-refractivity contribution in [3.8, 4) is 0 Å². The van der Waals surface area contributed by atoms with Crippen LogP contribution < -0.4 is 5.32 Å². The van der Waals surface area contributed by atoms with Crippen LogP contribution in [-0.4, -0.2) is 79.8 Å². The number of aliphatic hydroxyl groups is 1. The number of aromatic nitrogens is 4. The molecule has 0 aromatic carbocycles. The Morgan fingerprint density at radius 1 is 1.43 bits per heavy atom. The minimum atomic E-state index is -1.11. The van der Waals surface area contributed by atoms with E-state index in [2.05, 4.69) is 37.0 Å². The first-order valence-corrected chi connectivity index (χ1v) is 11.6. The van der Waals surface area contributed by atoms with Gasteiger partial charge in [-0.15, -0.1) is 0 Å². The number of hydrogen-bond acceptors (Lipinski definition) is 9. The first kappa shape index (κ1) is 24.5. The van der Waals surface area contributed by atoms with Crippen molar-refractivity contribution in [3.63, 3.8) is 0 Å². The molecule has 0 bridgehead atoms. The van der Waals surface area contributed by atoms with E-state index in [0.29, 0.717) is 58.7 Å². The predicted molar refractivity (Wildman–Crippen MR) is 139 cm³/mol. The number of rotatable bonds is 8. The molecule has 1 fully saturated rings. The van der Waals surface area contributed by atoms with Gasteiger partial charge >= 0.3 is 0 Å². The van der Waals surface area contributed by atoms with E-state index in [1.807, 2.05) is 45.1 Å². The van der Waals surface area contributed by atoms with E-state index in [1.54, 1.807) is 18.3 Å². The summed E-state index contributed by atoms with van der Waals surface area (Å²) in [5.74, 6) is 1.06. The zero-order valence-corrected chi connectivity index (χ0v) is 20.8. The second kappa shape index (κ2) is 9.93. The lowest BCUT2D eigenvalue weighted by molar-refractivity contribution is 0.122. The molecule has 2 aliphatic rings. The minimum absolute atomic E-state index is 0.293. The van der Waals surface area contributed by atoms with Gasteiger partial charge in [0.05, 0.1) is 28.5 Å². The van der Waals surface area contributed by atoms with Crippen molar-refractivity contribution in [1.29, 1.82) is 5.41 Å². The molecule has 2 aliphatic heterocycles. The third-order valence-corrected chi connectivity index (χ3v) is 6.32. The Labute approximate surface area is 205 Å². The molecule has 0 spiro atoms. The van der Waals surface area contributed by atoms with Crippen LogP contribution in [0.3, 0.4) is 0 Å². The quantitative estimate of drug-likeness (QED) is 0.432. The van der Waals surface area contributed by atoms with Crippen LogP contribution in [0.2, 0.25) is 0 Å². The van der Waals surface area contributed by atoms with Gasteiger partial charge in [-0.05, 0) is 51.6 Å². The molecule has 10 nitrogen and oxygen atoms in total. The number of nitrogens with zero attached hydrogens (tertiary/aromatic N) is 6. The maximum Gasteiger partial charge on any atom is 0.228 e. The minimum Gasteiger partial charge on any atom is -0.379 e. The highest BCUT2D eigenvalue weighted by Crippen LogP contribution is 2.36. The Morgan fingerprint density at radius 2 is 2.23 bits per heavy atom. The third kappa shape index (κ3) is 5.39. The van der Waals surface area contributed by atoms with Crippen molar-refractivity contribution < 1.29 is 5.11 Å². The van der Waals surface area contributed by atoms with Crippen LogP contribution in [0.5, 0.6) is 0 Å². The van der Waals surface area contributed by atoms with Gasteiger partial charge in [-0.2, -0.15) is 5.10 Å². The maximum atomic E-state index is 11.1. The lowest BCUT2D eigenvalue weighted by atomic mass is 9.89. The number of allylic oxidation sites excluding steroid dienone is 2. The Kier molecular flexibility index (Phi) is 6.95. The average molecular weight is 476 g/mol. The van der Waals surface area contributed by atoms with E-state index in [1.165, 1.54) is 0 Å². The summed E-state index contributed by atoms with van der Waals surface area (Å²) in [6.45, 7) is 7.37. The van der Waals surface area contributed by atoms with Crippen molar-refractivity contribution in [2.75, 3.05) is 33.0 Å². The highest BCUT2D eigenvalue weighted by atomic mass is 16.3. The second-order valence-electron chi connectivity index (χ2n) is 9.31. The summed E-state index contributed by atoms with van der Waals surface area (Å²) in [7, 11) is 5.91. The molecule has 1 atom stereocenters. The number of likely N-dealkylation sites (tertiary alicyclic amines) is 1. The van der Waals surface area contributed by atoms with Crippen LogP contribution in [0.4, 0.5) is 11.8 Å². The van der Waals surface area contributed by atoms with Crippen LogP contribution in [0.25, 0.3) is 5.70 Å². The molecule has 2 aromatic rings. The van der Waals surface area contributed by atoms with Crippen molar-refractivity contribution in [3.05, 3.63) is 59.7 Å². The summed E-state index contributed by atoms with van der Waals surface area (Å²) >= 11 is 0. The van der Waals surface area contributed by atoms with E-state index >= 15 is 0 Å². The molecule has 4 rings (SSSR count). The van der Waals surface area contributed by atoms with Crippen molar-refractivity contribution in [1.82, 2.24) is 30.0 Å². The molecule has 2 aromatic heterocycles. The van der Waals surface area contributed by atoms with Gasteiger partial charge in [-0.3, -0.25) is 10.5 Å². The van der Waals surface area contributed by atoms with Gasteiger partial charge < -0.3 is 20.2 Å². The molecule has 4 N–H and O–H groups in total. The largest absolute Gasteiger partial charge is 0.379 e. The fourth-order valence-corrected chi connectivity index (χ4v) is 4.24. The van der Waals surface area contributed by atoms with Gasteiger partial charge in [0.15, 0.2) is 5.82 Å². The van der Waals surface area contributed by atoms with E-state index in [-0.39, 0.29) is 0 Å². The summed E-state index contributed by atoms with van der Waals surface area (Å²) in [6.07, 6.45) is 7.38. The van der Waals surface area contributed by atoms with Gasteiger partial charge in [0.2, 0.25) is 5.95 Å². The summed E-state index contributed by atoms with van der Waals surface area (Å²) in [5, 5.41) is 30.1. The zero-order valence-electron chi connectivity index (χ0n) is 20.8. The van der Waals surface area contributed by atoms with Gasteiger partial charge in [0.25, 0.3) is 0 Å². The lowest BCUT2D eigenvalue weighted by Crippen LogP contribution is -2.31. The number of nitrogens with one attached hydrogen (secondary N) is 3. The first-order chi connectivity index (χ1) is 16.7. The monoisotopic (exact) mass is 475 g/mol. The SMILES string of the molecule is C=C1N(C)CCC1(O)/C(C)=C/C(=N)C1=NC(c2ccnc(Nc3cc(CN(C)C)[nH]n3)n2)=CCC1. The van der Waals surface area contributed by atoms with Crippen LogP contribution >= 0.6 is 0 Å². The van der Waals surface area contributed by atoms with Gasteiger partial charge in [-0.1, -0.05) is 12.7 Å². The Balaban J connectivity index is 1.49. The normalized spacial score (nSPS) is 20.8. The van der Waals surface area contributed by atoms with E-state index < -0.39 is 5.60 Å². The molecule has 184 valence electrons. The van der Waals surface area contributed by atoms with Crippen molar-refractivity contribution in [2.45, 2.75) is 38.3 Å². The molecule has 0 aliphatic carbocycles. The number of anilines is 2. The van der Waals surface area contributed by atoms with Crippen molar-refractivity contribution >= 4 is 28.9 Å². The molecule has 35 heavy (non-hydrogen) atoms. The third-order valence-electron chi connectivity index (χ3n) is 6.32. The van der Waals surface area contributed by atoms with E-state index in [4.69, 9.17) is 10.4 Å². The fourth-order valence-electron chi connectivity index (χ4n) is 4.24. The molecule has 0 amide bonds. The molecular formula is C25H33N9O. The number of likely N-dealkylation sites (N-methyl/N-ethyl adjacent to an activating group) is 1. The summed E-state index contributed by atoms with van der Waals surface area (Å²) in [6, 6.07) is 3.73. The standard InChI is InChI=1S/C25H33N9O/c1-16(25(35)10-12-34(5)17(25)2)13-19(26)20-7-6-8-21(28-20)22-9-11-27-24(29-22)30-23-14-18(31-32-23)15-33(3)4/h8-9,11,13-14,26,35H,2,6-7,10,12,15H2,1,3-5H3,(H2,27,29,30,31,32)/b16-13+,26-19?. The van der Waals surface area contributed by atoms with Gasteiger partial charge in [0.1, 0.15) is 5.60 Å². The van der Waals surface area contributed by atoms with Crippen LogP contribution in [0.1, 0.15) is 37.6 Å². The zero-order chi connectivity index (χ0) is 25.2. The van der Waals surface area contributed by atoms with Crippen LogP contribution in [0.15, 0.2) is 53.3 Å². The molecule has 0 radical (unpaired) electrons. The molecule has 10 heteroatoms. The van der Waals surface area contributed by atoms with E-state index in [0.717, 1.165) is 25.2 Å². The highest BCUT2D eigenvalue weighted by molar-refractivity contribution is 6.46. The Morgan fingerprint density at radius 3 is 2.94 bits per heavy atom. The molecule has 4 heterocycles. The predicted octanol–water partition coefficient (Wildman–Crippen LogP) is 3.13. The van der Waals surface area contributed by atoms with Gasteiger partial charge in [-0.25, -0.2) is 15.0 Å².